The normalized spacial score (nSPS) is 10.5. The van der Waals surface area contributed by atoms with E-state index < -0.39 is 0 Å². The molecule has 4 nitrogen and oxygen atoms in total. The highest BCUT2D eigenvalue weighted by Gasteiger charge is 2.19. The van der Waals surface area contributed by atoms with Crippen molar-refractivity contribution >= 4 is 23.2 Å². The molecule has 0 aliphatic heterocycles. The van der Waals surface area contributed by atoms with Crippen LogP contribution in [0.3, 0.4) is 0 Å². The lowest BCUT2D eigenvalue weighted by atomic mass is 10.0. The van der Waals surface area contributed by atoms with Crippen molar-refractivity contribution in [2.45, 2.75) is 33.6 Å². The van der Waals surface area contributed by atoms with E-state index in [9.17, 15) is 9.59 Å². The zero-order chi connectivity index (χ0) is 17.7. The van der Waals surface area contributed by atoms with Gasteiger partial charge in [-0.15, -0.1) is 0 Å². The van der Waals surface area contributed by atoms with Gasteiger partial charge in [0.1, 0.15) is 6.54 Å². The van der Waals surface area contributed by atoms with Crippen molar-refractivity contribution in [2.24, 2.45) is 0 Å². The smallest absolute Gasteiger partial charge is 0.244 e. The summed E-state index contributed by atoms with van der Waals surface area (Å²) in [6.45, 7) is 7.56. The van der Waals surface area contributed by atoms with Gasteiger partial charge in [0.05, 0.1) is 0 Å². The van der Waals surface area contributed by atoms with Crippen LogP contribution in [0.4, 0.5) is 11.4 Å². The second-order valence-corrected chi connectivity index (χ2v) is 6.18. The molecule has 0 saturated carbocycles. The van der Waals surface area contributed by atoms with E-state index in [0.29, 0.717) is 0 Å². The molecule has 2 amide bonds. The second-order valence-electron chi connectivity index (χ2n) is 6.18. The van der Waals surface area contributed by atoms with E-state index in [1.54, 1.807) is 0 Å². The van der Waals surface area contributed by atoms with Crippen LogP contribution in [0.2, 0.25) is 0 Å². The number of hydrogen-bond donors (Lipinski definition) is 1. The van der Waals surface area contributed by atoms with E-state index in [-0.39, 0.29) is 24.3 Å². The first-order valence-electron chi connectivity index (χ1n) is 8.12. The van der Waals surface area contributed by atoms with Crippen molar-refractivity contribution in [1.82, 2.24) is 0 Å². The highest BCUT2D eigenvalue weighted by Crippen LogP contribution is 2.27. The Morgan fingerprint density at radius 1 is 1.04 bits per heavy atom. The number of para-hydroxylation sites is 2. The van der Waals surface area contributed by atoms with Crippen LogP contribution in [-0.2, 0) is 9.59 Å². The minimum Gasteiger partial charge on any atom is -0.324 e. The molecule has 4 heteroatoms. The summed E-state index contributed by atoms with van der Waals surface area (Å²) in [6.07, 6.45) is 0. The fourth-order valence-electron chi connectivity index (χ4n) is 2.63. The molecule has 0 radical (unpaired) electrons. The lowest BCUT2D eigenvalue weighted by Gasteiger charge is -2.25. The van der Waals surface area contributed by atoms with Crippen LogP contribution in [0.1, 0.15) is 37.8 Å². The predicted octanol–water partition coefficient (Wildman–Crippen LogP) is 4.11. The number of carbonyl (C=O) groups excluding carboxylic acids is 2. The molecule has 2 aromatic rings. The monoisotopic (exact) mass is 324 g/mol. The van der Waals surface area contributed by atoms with E-state index in [0.717, 1.165) is 22.5 Å². The van der Waals surface area contributed by atoms with E-state index in [2.05, 4.69) is 19.2 Å². The molecule has 126 valence electrons. The number of rotatable bonds is 5. The molecule has 2 aromatic carbocycles. The minimum absolute atomic E-state index is 0.00655. The first-order valence-corrected chi connectivity index (χ1v) is 8.12. The molecule has 0 spiro atoms. The lowest BCUT2D eigenvalue weighted by molar-refractivity contribution is -0.120. The third-order valence-electron chi connectivity index (χ3n) is 3.95. The van der Waals surface area contributed by atoms with Gasteiger partial charge in [0.25, 0.3) is 0 Å². The minimum atomic E-state index is -0.210. The van der Waals surface area contributed by atoms with Crippen molar-refractivity contribution in [1.29, 1.82) is 0 Å². The van der Waals surface area contributed by atoms with Crippen LogP contribution in [0.5, 0.6) is 0 Å². The maximum Gasteiger partial charge on any atom is 0.244 e. The van der Waals surface area contributed by atoms with Gasteiger partial charge in [-0.3, -0.25) is 9.59 Å². The van der Waals surface area contributed by atoms with Gasteiger partial charge in [-0.2, -0.15) is 0 Å². The summed E-state index contributed by atoms with van der Waals surface area (Å²) >= 11 is 0. The number of aryl methyl sites for hydroxylation is 1. The third kappa shape index (κ3) is 4.22. The first-order chi connectivity index (χ1) is 11.4. The number of anilines is 2. The Morgan fingerprint density at radius 2 is 1.67 bits per heavy atom. The molecular formula is C20H24N2O2. The molecule has 24 heavy (non-hydrogen) atoms. The quantitative estimate of drug-likeness (QED) is 0.900. The maximum atomic E-state index is 12.4. The van der Waals surface area contributed by atoms with Crippen molar-refractivity contribution in [3.8, 4) is 0 Å². The van der Waals surface area contributed by atoms with Gasteiger partial charge >= 0.3 is 0 Å². The Kier molecular flexibility index (Phi) is 5.74. The Hall–Kier alpha value is -2.62. The largest absolute Gasteiger partial charge is 0.324 e. The highest BCUT2D eigenvalue weighted by molar-refractivity contribution is 6.02. The van der Waals surface area contributed by atoms with Gasteiger partial charge < -0.3 is 10.2 Å². The molecule has 0 saturated heterocycles. The van der Waals surface area contributed by atoms with E-state index in [4.69, 9.17) is 0 Å². The van der Waals surface area contributed by atoms with Crippen LogP contribution in [0.15, 0.2) is 48.5 Å². The van der Waals surface area contributed by atoms with Crippen LogP contribution in [0.25, 0.3) is 0 Å². The zero-order valence-electron chi connectivity index (χ0n) is 14.7. The number of benzene rings is 2. The van der Waals surface area contributed by atoms with Crippen molar-refractivity contribution in [2.75, 3.05) is 16.8 Å². The number of nitrogens with one attached hydrogen (secondary N) is 1. The summed E-state index contributed by atoms with van der Waals surface area (Å²) in [5.74, 6) is -0.0939. The topological polar surface area (TPSA) is 49.4 Å². The zero-order valence-corrected chi connectivity index (χ0v) is 14.7. The molecule has 0 aromatic heterocycles. The Balaban J connectivity index is 2.22. The summed E-state index contributed by atoms with van der Waals surface area (Å²) in [4.78, 5) is 26.1. The number of carbonyl (C=O) groups is 2. The molecule has 0 heterocycles. The van der Waals surface area contributed by atoms with Crippen molar-refractivity contribution < 1.29 is 9.59 Å². The van der Waals surface area contributed by atoms with Crippen LogP contribution in [-0.4, -0.2) is 18.4 Å². The maximum absolute atomic E-state index is 12.4. The average Bonchev–Trinajstić information content (AvgIpc) is 2.54. The fraction of sp³-hybridized carbons (Fsp3) is 0.300. The molecule has 0 fully saturated rings. The average molecular weight is 324 g/mol. The van der Waals surface area contributed by atoms with Gasteiger partial charge in [-0.25, -0.2) is 0 Å². The summed E-state index contributed by atoms with van der Waals surface area (Å²) in [7, 11) is 0. The van der Waals surface area contributed by atoms with E-state index >= 15 is 0 Å². The number of nitrogens with zero attached hydrogens (tertiary/aromatic N) is 1. The SMILES string of the molecule is CC(=O)N(CC(=O)Nc1ccccc1C)c1ccccc1C(C)C. The Bertz CT molecular complexity index is 738. The van der Waals surface area contributed by atoms with Crippen LogP contribution >= 0.6 is 0 Å². The highest BCUT2D eigenvalue weighted by atomic mass is 16.2. The molecule has 2 rings (SSSR count). The molecule has 0 unspecified atom stereocenters. The van der Waals surface area contributed by atoms with Gasteiger partial charge in [0.15, 0.2) is 0 Å². The molecule has 0 atom stereocenters. The first kappa shape index (κ1) is 17.7. The number of amides is 2. The lowest BCUT2D eigenvalue weighted by Crippen LogP contribution is -2.37. The van der Waals surface area contributed by atoms with Crippen LogP contribution < -0.4 is 10.2 Å². The van der Waals surface area contributed by atoms with Gasteiger partial charge in [0, 0.05) is 18.3 Å². The molecule has 0 aliphatic carbocycles. The van der Waals surface area contributed by atoms with Gasteiger partial charge in [-0.1, -0.05) is 50.2 Å². The second kappa shape index (κ2) is 7.77. The fourth-order valence-corrected chi connectivity index (χ4v) is 2.63. The summed E-state index contributed by atoms with van der Waals surface area (Å²) in [5.41, 5.74) is 3.60. The summed E-state index contributed by atoms with van der Waals surface area (Å²) in [5, 5.41) is 2.88. The number of hydrogen-bond acceptors (Lipinski definition) is 2. The molecule has 1 N–H and O–H groups in total. The van der Waals surface area contributed by atoms with Crippen molar-refractivity contribution in [3.63, 3.8) is 0 Å². The summed E-state index contributed by atoms with van der Waals surface area (Å²) < 4.78 is 0. The summed E-state index contributed by atoms with van der Waals surface area (Å²) in [6, 6.07) is 15.3. The molecule has 0 bridgehead atoms. The molecule has 0 aliphatic rings. The van der Waals surface area contributed by atoms with Crippen LogP contribution in [0, 0.1) is 6.92 Å². The standard InChI is InChI=1S/C20H24N2O2/c1-14(2)17-10-6-8-12-19(17)22(16(4)23)13-20(24)21-18-11-7-5-9-15(18)3/h5-12,14H,13H2,1-4H3,(H,21,24). The van der Waals surface area contributed by atoms with Crippen molar-refractivity contribution in [3.05, 3.63) is 59.7 Å². The Morgan fingerprint density at radius 3 is 2.29 bits per heavy atom. The van der Waals surface area contributed by atoms with E-state index in [1.807, 2.05) is 55.5 Å². The predicted molar refractivity (Wildman–Crippen MR) is 98.4 cm³/mol. The third-order valence-corrected chi connectivity index (χ3v) is 3.95. The molecular weight excluding hydrogens is 300 g/mol. The Labute approximate surface area is 143 Å². The van der Waals surface area contributed by atoms with Gasteiger partial charge in [0.2, 0.25) is 11.8 Å². The van der Waals surface area contributed by atoms with E-state index in [1.165, 1.54) is 11.8 Å². The van der Waals surface area contributed by atoms with Gasteiger partial charge in [-0.05, 0) is 36.1 Å².